The fraction of sp³-hybridized carbons (Fsp3) is 0.250. The van der Waals surface area contributed by atoms with Gasteiger partial charge in [0.1, 0.15) is 17.7 Å². The average Bonchev–Trinajstić information content (AvgIpc) is 3.06. The molecule has 0 fully saturated rings. The van der Waals surface area contributed by atoms with Gasteiger partial charge in [0.15, 0.2) is 5.78 Å². The van der Waals surface area contributed by atoms with Crippen molar-refractivity contribution in [1.29, 1.82) is 0 Å². The van der Waals surface area contributed by atoms with Gasteiger partial charge in [-0.3, -0.25) is 4.79 Å². The van der Waals surface area contributed by atoms with Crippen molar-refractivity contribution in [3.05, 3.63) is 94.8 Å². The number of benzene rings is 2. The Morgan fingerprint density at radius 3 is 2.16 bits per heavy atom. The Hall–Kier alpha value is -3.32. The first kappa shape index (κ1) is 22.4. The normalized spacial score (nSPS) is 21.0. The Bertz CT molecular complexity index is 1020. The van der Waals surface area contributed by atoms with Gasteiger partial charge in [-0.05, 0) is 54.3 Å². The van der Waals surface area contributed by atoms with Crippen LogP contribution in [-0.2, 0) is 31.9 Å². The van der Waals surface area contributed by atoms with Crippen molar-refractivity contribution in [3.8, 4) is 0 Å². The predicted octanol–water partition coefficient (Wildman–Crippen LogP) is 4.02. The molecule has 0 saturated carbocycles. The molecule has 0 radical (unpaired) electrons. The van der Waals surface area contributed by atoms with E-state index in [0.717, 1.165) is 24.3 Å². The van der Waals surface area contributed by atoms with E-state index in [4.69, 9.17) is 4.74 Å². The van der Waals surface area contributed by atoms with E-state index < -0.39 is 29.2 Å². The quantitative estimate of drug-likeness (QED) is 0.312. The van der Waals surface area contributed by atoms with Crippen LogP contribution in [0.4, 0.5) is 8.78 Å². The van der Waals surface area contributed by atoms with Gasteiger partial charge in [0.25, 0.3) is 0 Å². The summed E-state index contributed by atoms with van der Waals surface area (Å²) in [6, 6.07) is 11.8. The van der Waals surface area contributed by atoms with Gasteiger partial charge in [-0.2, -0.15) is 0 Å². The van der Waals surface area contributed by atoms with Crippen molar-refractivity contribution in [2.24, 2.45) is 0 Å². The zero-order valence-electron chi connectivity index (χ0n) is 17.1. The third kappa shape index (κ3) is 5.64. The number of ketones is 1. The highest BCUT2D eigenvalue weighted by molar-refractivity contribution is 6.01. The largest absolute Gasteiger partial charge is 0.502 e. The highest BCUT2D eigenvalue weighted by atomic mass is 19.1. The van der Waals surface area contributed by atoms with E-state index in [1.165, 1.54) is 24.3 Å². The molecule has 2 unspecified atom stereocenters. The molecule has 3 rings (SSSR count). The van der Waals surface area contributed by atoms with Crippen molar-refractivity contribution in [1.82, 2.24) is 0 Å². The lowest BCUT2D eigenvalue weighted by Crippen LogP contribution is -2.32. The number of carbonyl (C=O) groups excluding carboxylic acids is 2. The van der Waals surface area contributed by atoms with Crippen molar-refractivity contribution in [2.75, 3.05) is 7.11 Å². The third-order valence-electron chi connectivity index (χ3n) is 4.94. The highest BCUT2D eigenvalue weighted by Crippen LogP contribution is 2.34. The lowest BCUT2D eigenvalue weighted by molar-refractivity contribution is -0.139. The number of methoxy groups -OCH3 is 1. The Labute approximate surface area is 178 Å². The van der Waals surface area contributed by atoms with Gasteiger partial charge in [0, 0.05) is 12.5 Å². The number of rotatable bonds is 7. The summed E-state index contributed by atoms with van der Waals surface area (Å²) in [5.74, 6) is -3.22. The Balaban J connectivity index is 1.89. The molecule has 1 heterocycles. The summed E-state index contributed by atoms with van der Waals surface area (Å²) in [5, 5.41) is 9.76. The summed E-state index contributed by atoms with van der Waals surface area (Å²) in [5.41, 5.74) is 1.29. The second-order valence-electron chi connectivity index (χ2n) is 7.56. The third-order valence-corrected chi connectivity index (χ3v) is 4.94. The molecule has 0 saturated heterocycles. The molecule has 2 atom stereocenters. The van der Waals surface area contributed by atoms with Crippen LogP contribution in [0.5, 0.6) is 0 Å². The minimum Gasteiger partial charge on any atom is -0.502 e. The van der Waals surface area contributed by atoms with E-state index in [0.29, 0.717) is 18.4 Å². The molecule has 31 heavy (non-hydrogen) atoms. The first-order valence-electron chi connectivity index (χ1n) is 9.60. The highest BCUT2D eigenvalue weighted by Gasteiger charge is 2.39. The number of carbonyl (C=O) groups is 2. The van der Waals surface area contributed by atoms with E-state index in [-0.39, 0.29) is 11.6 Å². The SMILES string of the molecule is COC(=O)C(O)=CC(=O)C1OC(C)(Cc2ccc(F)cc2)C=C1Cc1ccc(F)cc1. The molecule has 0 bridgehead atoms. The smallest absolute Gasteiger partial charge is 0.373 e. The second-order valence-corrected chi connectivity index (χ2v) is 7.56. The molecule has 5 nitrogen and oxygen atoms in total. The van der Waals surface area contributed by atoms with E-state index in [1.54, 1.807) is 31.2 Å². The Morgan fingerprint density at radius 2 is 1.61 bits per heavy atom. The molecule has 0 aromatic heterocycles. The molecule has 0 aliphatic carbocycles. The molecule has 0 spiro atoms. The minimum atomic E-state index is -1.05. The molecule has 2 aromatic carbocycles. The van der Waals surface area contributed by atoms with Gasteiger partial charge >= 0.3 is 5.97 Å². The van der Waals surface area contributed by atoms with E-state index in [1.807, 2.05) is 6.08 Å². The Kier molecular flexibility index (Phi) is 6.65. The number of ether oxygens (including phenoxy) is 2. The molecule has 1 aliphatic heterocycles. The summed E-state index contributed by atoms with van der Waals surface area (Å²) >= 11 is 0. The maximum Gasteiger partial charge on any atom is 0.373 e. The molecule has 2 aromatic rings. The van der Waals surface area contributed by atoms with Crippen LogP contribution < -0.4 is 0 Å². The van der Waals surface area contributed by atoms with Gasteiger partial charge in [-0.15, -0.1) is 0 Å². The Morgan fingerprint density at radius 1 is 1.06 bits per heavy atom. The maximum absolute atomic E-state index is 13.3. The number of aliphatic hydroxyl groups is 1. The number of hydrogen-bond acceptors (Lipinski definition) is 5. The molecular formula is C24H22F2O5. The monoisotopic (exact) mass is 428 g/mol. The molecule has 162 valence electrons. The lowest BCUT2D eigenvalue weighted by Gasteiger charge is -2.24. The van der Waals surface area contributed by atoms with Gasteiger partial charge in [-0.1, -0.05) is 30.3 Å². The molecule has 1 N–H and O–H groups in total. The second kappa shape index (κ2) is 9.22. The van der Waals surface area contributed by atoms with Crippen molar-refractivity contribution < 1.29 is 33.0 Å². The van der Waals surface area contributed by atoms with Crippen LogP contribution in [0.15, 0.2) is 72.0 Å². The number of halogens is 2. The van der Waals surface area contributed by atoms with Gasteiger partial charge in [-0.25, -0.2) is 13.6 Å². The van der Waals surface area contributed by atoms with Crippen LogP contribution in [-0.4, -0.2) is 35.7 Å². The van der Waals surface area contributed by atoms with E-state index in [9.17, 15) is 23.5 Å². The van der Waals surface area contributed by atoms with Crippen LogP contribution in [0.25, 0.3) is 0 Å². The summed E-state index contributed by atoms with van der Waals surface area (Å²) < 4.78 is 36.9. The lowest BCUT2D eigenvalue weighted by atomic mass is 9.93. The fourth-order valence-electron chi connectivity index (χ4n) is 3.54. The topological polar surface area (TPSA) is 72.8 Å². The van der Waals surface area contributed by atoms with Crippen molar-refractivity contribution >= 4 is 11.8 Å². The van der Waals surface area contributed by atoms with E-state index >= 15 is 0 Å². The predicted molar refractivity (Wildman–Crippen MR) is 109 cm³/mol. The molecular weight excluding hydrogens is 406 g/mol. The minimum absolute atomic E-state index is 0.308. The van der Waals surface area contributed by atoms with Gasteiger partial charge in [0.2, 0.25) is 5.76 Å². The number of esters is 1. The van der Waals surface area contributed by atoms with Crippen molar-refractivity contribution in [3.63, 3.8) is 0 Å². The molecule has 1 aliphatic rings. The number of aliphatic hydroxyl groups excluding tert-OH is 1. The van der Waals surface area contributed by atoms with Gasteiger partial charge in [0.05, 0.1) is 12.7 Å². The summed E-state index contributed by atoms with van der Waals surface area (Å²) in [6.45, 7) is 1.79. The first-order chi connectivity index (χ1) is 14.7. The molecule has 0 amide bonds. The van der Waals surface area contributed by atoms with E-state index in [2.05, 4.69) is 4.74 Å². The van der Waals surface area contributed by atoms with Crippen molar-refractivity contribution in [2.45, 2.75) is 31.5 Å². The van der Waals surface area contributed by atoms with Crippen LogP contribution in [0, 0.1) is 11.6 Å². The number of hydrogen-bond donors (Lipinski definition) is 1. The van der Waals surface area contributed by atoms with Crippen LogP contribution in [0.3, 0.4) is 0 Å². The summed E-state index contributed by atoms with van der Waals surface area (Å²) in [6.07, 6.45) is 2.21. The fourth-order valence-corrected chi connectivity index (χ4v) is 3.54. The maximum atomic E-state index is 13.3. The summed E-state index contributed by atoms with van der Waals surface area (Å²) in [4.78, 5) is 24.2. The summed E-state index contributed by atoms with van der Waals surface area (Å²) in [7, 11) is 1.09. The van der Waals surface area contributed by atoms with Crippen LogP contribution >= 0.6 is 0 Å². The first-order valence-corrected chi connectivity index (χ1v) is 9.60. The van der Waals surface area contributed by atoms with Gasteiger partial charge < -0.3 is 14.6 Å². The average molecular weight is 428 g/mol. The van der Waals surface area contributed by atoms with Crippen LogP contribution in [0.1, 0.15) is 18.1 Å². The standard InChI is InChI=1S/C24H22F2O5/c1-24(13-16-5-9-19(26)10-6-16)14-17(11-15-3-7-18(25)8-4-15)22(31-24)20(27)12-21(28)23(29)30-2/h3-10,12,14,22,28H,11,13H2,1-2H3. The van der Waals surface area contributed by atoms with Crippen LogP contribution in [0.2, 0.25) is 0 Å². The zero-order chi connectivity index (χ0) is 22.6. The molecule has 7 heteroatoms. The zero-order valence-corrected chi connectivity index (χ0v) is 17.1.